The Morgan fingerprint density at radius 3 is 2.48 bits per heavy atom. The van der Waals surface area contributed by atoms with E-state index in [-0.39, 0.29) is 6.61 Å². The third kappa shape index (κ3) is 2.97. The molecule has 0 spiro atoms. The van der Waals surface area contributed by atoms with Crippen molar-refractivity contribution < 1.29 is 10.2 Å². The largest absolute Gasteiger partial charge is 0.393 e. The smallest absolute Gasteiger partial charge is 0.100 e. The Hall–Kier alpha value is -0.490. The molecule has 5 fully saturated rings. The van der Waals surface area contributed by atoms with Gasteiger partial charge < -0.3 is 10.2 Å². The van der Waals surface area contributed by atoms with E-state index in [1.807, 2.05) is 11.3 Å². The molecular weight excluding hydrogens is 332 g/mol. The molecule has 0 amide bonds. The summed E-state index contributed by atoms with van der Waals surface area (Å²) in [5, 5.41) is 23.5. The third-order valence-corrected chi connectivity index (χ3v) is 8.50. The highest BCUT2D eigenvalue weighted by molar-refractivity contribution is 7.09. The van der Waals surface area contributed by atoms with Crippen LogP contribution in [0.2, 0.25) is 0 Å². The maximum absolute atomic E-state index is 10.4. The topological polar surface area (TPSA) is 56.6 Å². The fourth-order valence-electron chi connectivity index (χ4n) is 6.69. The second-order valence-corrected chi connectivity index (χ2v) is 10.4. The monoisotopic (exact) mass is 362 g/mol. The highest BCUT2D eigenvalue weighted by Crippen LogP contribution is 2.61. The van der Waals surface area contributed by atoms with Gasteiger partial charge in [0.25, 0.3) is 0 Å². The third-order valence-electron chi connectivity index (χ3n) is 7.36. The van der Waals surface area contributed by atoms with Crippen LogP contribution in [0.5, 0.6) is 0 Å². The van der Waals surface area contributed by atoms with Crippen molar-refractivity contribution in [1.82, 2.24) is 9.88 Å². The molecule has 0 radical (unpaired) electrons. The van der Waals surface area contributed by atoms with Crippen molar-refractivity contribution in [3.63, 3.8) is 0 Å². The van der Waals surface area contributed by atoms with Crippen molar-refractivity contribution in [2.75, 3.05) is 19.7 Å². The number of rotatable bonds is 4. The van der Waals surface area contributed by atoms with Crippen molar-refractivity contribution >= 4 is 11.3 Å². The Bertz CT molecular complexity index is 610. The molecule has 1 saturated heterocycles. The van der Waals surface area contributed by atoms with Crippen LogP contribution in [-0.4, -0.2) is 45.4 Å². The average molecular weight is 363 g/mol. The van der Waals surface area contributed by atoms with Gasteiger partial charge in [-0.25, -0.2) is 4.98 Å². The average Bonchev–Trinajstić information content (AvgIpc) is 3.03. The van der Waals surface area contributed by atoms with Crippen LogP contribution in [0.25, 0.3) is 0 Å². The maximum atomic E-state index is 10.4. The number of aliphatic hydroxyl groups is 2. The van der Waals surface area contributed by atoms with E-state index in [4.69, 9.17) is 4.98 Å². The quantitative estimate of drug-likeness (QED) is 0.865. The first-order chi connectivity index (χ1) is 12.1. The summed E-state index contributed by atoms with van der Waals surface area (Å²) in [7, 11) is 0. The van der Waals surface area contributed by atoms with E-state index in [9.17, 15) is 10.2 Å². The summed E-state index contributed by atoms with van der Waals surface area (Å²) in [4.78, 5) is 7.36. The van der Waals surface area contributed by atoms with Crippen molar-refractivity contribution in [2.24, 2.45) is 17.8 Å². The predicted molar refractivity (Wildman–Crippen MR) is 98.5 cm³/mol. The molecule has 5 heteroatoms. The zero-order valence-electron chi connectivity index (χ0n) is 15.0. The van der Waals surface area contributed by atoms with Gasteiger partial charge in [0.1, 0.15) is 5.60 Å². The van der Waals surface area contributed by atoms with E-state index < -0.39 is 5.60 Å². The van der Waals surface area contributed by atoms with Crippen LogP contribution in [0.3, 0.4) is 0 Å². The van der Waals surface area contributed by atoms with Gasteiger partial charge in [0.15, 0.2) is 0 Å². The van der Waals surface area contributed by atoms with Gasteiger partial charge in [0.2, 0.25) is 0 Å². The van der Waals surface area contributed by atoms with Gasteiger partial charge in [0, 0.05) is 23.9 Å². The van der Waals surface area contributed by atoms with Crippen molar-refractivity contribution in [3.8, 4) is 0 Å². The first kappa shape index (κ1) is 16.7. The fourth-order valence-corrected chi connectivity index (χ4v) is 7.74. The van der Waals surface area contributed by atoms with E-state index in [1.165, 1.54) is 43.5 Å². The molecule has 4 saturated carbocycles. The lowest BCUT2D eigenvalue weighted by atomic mass is 9.50. The lowest BCUT2D eigenvalue weighted by molar-refractivity contribution is -0.0689. The highest BCUT2D eigenvalue weighted by atomic mass is 32.1. The van der Waals surface area contributed by atoms with E-state index in [0.29, 0.717) is 18.4 Å². The molecular formula is C20H30N2O2S. The zero-order valence-corrected chi connectivity index (χ0v) is 15.8. The predicted octanol–water partition coefficient (Wildman–Crippen LogP) is 2.93. The van der Waals surface area contributed by atoms with Gasteiger partial charge in [0.05, 0.1) is 17.3 Å². The minimum Gasteiger partial charge on any atom is -0.393 e. The Morgan fingerprint density at radius 2 is 1.84 bits per heavy atom. The highest BCUT2D eigenvalue weighted by Gasteiger charge is 2.52. The van der Waals surface area contributed by atoms with Gasteiger partial charge in [-0.3, -0.25) is 4.90 Å². The lowest BCUT2D eigenvalue weighted by Crippen LogP contribution is -2.50. The summed E-state index contributed by atoms with van der Waals surface area (Å²) in [6.07, 6.45) is 10.2. The van der Waals surface area contributed by atoms with Crippen molar-refractivity contribution in [3.05, 3.63) is 16.1 Å². The zero-order chi connectivity index (χ0) is 17.1. The maximum Gasteiger partial charge on any atom is 0.100 e. The minimum atomic E-state index is -0.920. The molecule has 25 heavy (non-hydrogen) atoms. The molecule has 1 aromatic heterocycles. The van der Waals surface area contributed by atoms with Crippen LogP contribution < -0.4 is 0 Å². The molecule has 0 aromatic carbocycles. The molecule has 138 valence electrons. The molecule has 2 N–H and O–H groups in total. The number of hydrogen-bond donors (Lipinski definition) is 2. The van der Waals surface area contributed by atoms with Crippen molar-refractivity contribution in [2.45, 2.75) is 68.9 Å². The standard InChI is InChI=1S/C20H30N2O2S/c23-13-20(24)2-1-3-22(12-20)10-17-11-25-18(21-17)19-7-14-4-15(8-19)6-16(5-14)9-19/h11,14-16,23-24H,1-10,12-13H2/t14?,15?,16?,19?,20-/m1/s1. The van der Waals surface area contributed by atoms with Gasteiger partial charge in [-0.2, -0.15) is 0 Å². The molecule has 0 unspecified atom stereocenters. The summed E-state index contributed by atoms with van der Waals surface area (Å²) in [5.41, 5.74) is 0.639. The normalized spacial score (nSPS) is 43.7. The van der Waals surface area contributed by atoms with Gasteiger partial charge in [-0.1, -0.05) is 0 Å². The molecule has 4 nitrogen and oxygen atoms in total. The van der Waals surface area contributed by atoms with Crippen LogP contribution in [-0.2, 0) is 12.0 Å². The molecule has 1 atom stereocenters. The second kappa shape index (κ2) is 6.01. The number of piperidine rings is 1. The summed E-state index contributed by atoms with van der Waals surface area (Å²) in [6, 6.07) is 0. The summed E-state index contributed by atoms with van der Waals surface area (Å²) in [5.74, 6) is 2.88. The lowest BCUT2D eigenvalue weighted by Gasteiger charge is -2.56. The number of β-amino-alcohol motifs (C(OH)–C–C–N with tert-alkyl or cyclic N) is 1. The van der Waals surface area contributed by atoms with Gasteiger partial charge in [-0.05, 0) is 75.7 Å². The van der Waals surface area contributed by atoms with Crippen LogP contribution in [0.1, 0.15) is 62.1 Å². The molecule has 1 aromatic rings. The number of hydrogen-bond acceptors (Lipinski definition) is 5. The van der Waals surface area contributed by atoms with Crippen LogP contribution in [0, 0.1) is 17.8 Å². The van der Waals surface area contributed by atoms with E-state index in [2.05, 4.69) is 10.3 Å². The number of aromatic nitrogens is 1. The molecule has 5 aliphatic rings. The first-order valence-corrected chi connectivity index (χ1v) is 10.9. The van der Waals surface area contributed by atoms with Crippen LogP contribution in [0.15, 0.2) is 5.38 Å². The number of aliphatic hydroxyl groups excluding tert-OH is 1. The molecule has 6 rings (SSSR count). The molecule has 4 bridgehead atoms. The number of nitrogens with zero attached hydrogens (tertiary/aromatic N) is 2. The Balaban J connectivity index is 1.31. The minimum absolute atomic E-state index is 0.140. The Morgan fingerprint density at radius 1 is 1.16 bits per heavy atom. The molecule has 2 heterocycles. The fraction of sp³-hybridized carbons (Fsp3) is 0.850. The number of thiazole rings is 1. The van der Waals surface area contributed by atoms with E-state index >= 15 is 0 Å². The van der Waals surface area contributed by atoms with Gasteiger partial charge in [-0.15, -0.1) is 11.3 Å². The molecule has 4 aliphatic carbocycles. The van der Waals surface area contributed by atoms with Gasteiger partial charge >= 0.3 is 0 Å². The van der Waals surface area contributed by atoms with E-state index in [0.717, 1.165) is 43.0 Å². The van der Waals surface area contributed by atoms with Crippen LogP contribution in [0.4, 0.5) is 0 Å². The first-order valence-electron chi connectivity index (χ1n) is 10.1. The summed E-state index contributed by atoms with van der Waals surface area (Å²) in [6.45, 7) is 2.23. The van der Waals surface area contributed by atoms with E-state index in [1.54, 1.807) is 0 Å². The van der Waals surface area contributed by atoms with Crippen molar-refractivity contribution in [1.29, 1.82) is 0 Å². The number of likely N-dealkylation sites (tertiary alicyclic amines) is 1. The van der Waals surface area contributed by atoms with Crippen LogP contribution >= 0.6 is 11.3 Å². The Labute approximate surface area is 154 Å². The summed E-state index contributed by atoms with van der Waals surface area (Å²) < 4.78 is 0. The molecule has 1 aliphatic heterocycles. The SMILES string of the molecule is OC[C@@]1(O)CCCN(Cc2csc(C34CC5CC(CC(C5)C3)C4)n2)C1. The Kier molecular flexibility index (Phi) is 4.01. The second-order valence-electron chi connectivity index (χ2n) is 9.54. The summed E-state index contributed by atoms with van der Waals surface area (Å²) >= 11 is 1.88.